The molecule has 0 fully saturated rings. The third-order valence-electron chi connectivity index (χ3n) is 3.24. The predicted octanol–water partition coefficient (Wildman–Crippen LogP) is 3.37. The van der Waals surface area contributed by atoms with Gasteiger partial charge in [0.15, 0.2) is 5.84 Å². The zero-order chi connectivity index (χ0) is 15.5. The average molecular weight is 308 g/mol. The minimum absolute atomic E-state index is 0.138. The Labute approximate surface area is 132 Å². The van der Waals surface area contributed by atoms with E-state index >= 15 is 0 Å². The fourth-order valence-corrected chi connectivity index (χ4v) is 2.40. The Balaban J connectivity index is 2.00. The summed E-state index contributed by atoms with van der Waals surface area (Å²) in [4.78, 5) is 20.3. The monoisotopic (exact) mass is 307 g/mol. The van der Waals surface area contributed by atoms with Crippen LogP contribution in [0.5, 0.6) is 0 Å². The smallest absolute Gasteiger partial charge is 0.260 e. The molecule has 5 heteroatoms. The van der Waals surface area contributed by atoms with Gasteiger partial charge in [-0.25, -0.2) is 4.99 Å². The summed E-state index contributed by atoms with van der Waals surface area (Å²) in [6, 6.07) is 9.11. The molecule has 0 radical (unpaired) electrons. The van der Waals surface area contributed by atoms with E-state index in [0.717, 1.165) is 5.56 Å². The highest BCUT2D eigenvalue weighted by Gasteiger charge is 2.27. The third kappa shape index (κ3) is 2.80. The molecule has 3 rings (SSSR count). The lowest BCUT2D eigenvalue weighted by atomic mass is 9.96. The number of carbonyl (C=O) groups excluding carboxylic acids is 1. The molecular formula is C17H10ClN3O. The summed E-state index contributed by atoms with van der Waals surface area (Å²) in [6.07, 6.45) is 8.71. The quantitative estimate of drug-likeness (QED) is 0.786. The largest absolute Gasteiger partial charge is 0.271 e. The molecule has 1 heterocycles. The number of aliphatic imine (C=N–C) groups is 2. The van der Waals surface area contributed by atoms with Crippen molar-refractivity contribution >= 4 is 35.1 Å². The molecule has 1 atom stereocenters. The molecule has 1 aromatic carbocycles. The molecule has 1 aliphatic heterocycles. The van der Waals surface area contributed by atoms with Gasteiger partial charge in [0, 0.05) is 5.02 Å². The molecule has 0 bridgehead atoms. The maximum Gasteiger partial charge on any atom is 0.260 e. The maximum atomic E-state index is 12.1. The summed E-state index contributed by atoms with van der Waals surface area (Å²) in [7, 11) is 0. The number of amides is 1. The number of carbonyl (C=O) groups is 1. The van der Waals surface area contributed by atoms with Gasteiger partial charge in [0.2, 0.25) is 0 Å². The van der Waals surface area contributed by atoms with Gasteiger partial charge in [-0.05, 0) is 29.8 Å². The van der Waals surface area contributed by atoms with Crippen LogP contribution in [0.4, 0.5) is 0 Å². The Morgan fingerprint density at radius 3 is 2.95 bits per heavy atom. The van der Waals surface area contributed by atoms with E-state index in [1.165, 1.54) is 0 Å². The molecule has 4 nitrogen and oxygen atoms in total. The van der Waals surface area contributed by atoms with E-state index in [-0.39, 0.29) is 17.3 Å². The molecule has 0 spiro atoms. The minimum atomic E-state index is -0.445. The molecule has 1 amide bonds. The van der Waals surface area contributed by atoms with Crippen molar-refractivity contribution in [1.82, 2.24) is 0 Å². The fourth-order valence-electron chi connectivity index (χ4n) is 2.20. The highest BCUT2D eigenvalue weighted by atomic mass is 35.5. The third-order valence-corrected chi connectivity index (χ3v) is 3.47. The van der Waals surface area contributed by atoms with Crippen LogP contribution >= 0.6 is 11.6 Å². The lowest BCUT2D eigenvalue weighted by molar-refractivity contribution is -0.118. The SMILES string of the molecule is N#C/C(=C/c1cccc(Cl)c1)C1=NC(=O)C2C=CC=CC2=N1. The van der Waals surface area contributed by atoms with Gasteiger partial charge in [0.05, 0.1) is 11.3 Å². The second-order valence-electron chi connectivity index (χ2n) is 4.76. The van der Waals surface area contributed by atoms with Gasteiger partial charge >= 0.3 is 0 Å². The average Bonchev–Trinajstić information content (AvgIpc) is 2.52. The van der Waals surface area contributed by atoms with Crippen molar-refractivity contribution < 1.29 is 4.79 Å². The van der Waals surface area contributed by atoms with Crippen LogP contribution in [0.2, 0.25) is 5.02 Å². The number of fused-ring (bicyclic) bond motifs is 1. The molecule has 22 heavy (non-hydrogen) atoms. The first-order valence-corrected chi connectivity index (χ1v) is 6.99. The van der Waals surface area contributed by atoms with E-state index in [1.807, 2.05) is 12.1 Å². The van der Waals surface area contributed by atoms with Crippen LogP contribution in [-0.2, 0) is 4.79 Å². The first-order chi connectivity index (χ1) is 10.7. The normalized spacial score (nSPS) is 20.1. The van der Waals surface area contributed by atoms with E-state index in [1.54, 1.807) is 48.6 Å². The van der Waals surface area contributed by atoms with Crippen LogP contribution in [0.1, 0.15) is 5.56 Å². The number of nitriles is 1. The van der Waals surface area contributed by atoms with Gasteiger partial charge in [0.1, 0.15) is 12.0 Å². The van der Waals surface area contributed by atoms with E-state index in [2.05, 4.69) is 9.98 Å². The molecule has 0 saturated carbocycles. The minimum Gasteiger partial charge on any atom is -0.271 e. The van der Waals surface area contributed by atoms with Crippen molar-refractivity contribution in [3.05, 3.63) is 64.7 Å². The molecule has 1 unspecified atom stereocenters. The standard InChI is InChI=1S/C17H10ClN3O/c18-13-5-3-4-11(9-13)8-12(10-19)16-20-15-7-2-1-6-14(15)17(22)21-16/h1-9,14H/b12-8-. The topological polar surface area (TPSA) is 65.6 Å². The second-order valence-corrected chi connectivity index (χ2v) is 5.19. The van der Waals surface area contributed by atoms with Crippen LogP contribution in [0.3, 0.4) is 0 Å². The molecule has 0 saturated heterocycles. The van der Waals surface area contributed by atoms with Crippen molar-refractivity contribution in [2.75, 3.05) is 0 Å². The van der Waals surface area contributed by atoms with E-state index in [0.29, 0.717) is 10.7 Å². The summed E-state index contributed by atoms with van der Waals surface area (Å²) in [6.45, 7) is 0. The van der Waals surface area contributed by atoms with Crippen molar-refractivity contribution in [2.45, 2.75) is 0 Å². The van der Waals surface area contributed by atoms with Crippen molar-refractivity contribution in [2.24, 2.45) is 15.9 Å². The predicted molar refractivity (Wildman–Crippen MR) is 86.7 cm³/mol. The summed E-state index contributed by atoms with van der Waals surface area (Å²) in [5.74, 6) is -0.619. The summed E-state index contributed by atoms with van der Waals surface area (Å²) >= 11 is 5.93. The first-order valence-electron chi connectivity index (χ1n) is 6.61. The van der Waals surface area contributed by atoms with Crippen LogP contribution < -0.4 is 0 Å². The van der Waals surface area contributed by atoms with Crippen LogP contribution in [0, 0.1) is 17.2 Å². The van der Waals surface area contributed by atoms with Gasteiger partial charge < -0.3 is 0 Å². The van der Waals surface area contributed by atoms with Crippen LogP contribution in [-0.4, -0.2) is 17.5 Å². The molecule has 2 aliphatic rings. The second kappa shape index (κ2) is 5.92. The Morgan fingerprint density at radius 1 is 1.32 bits per heavy atom. The summed E-state index contributed by atoms with van der Waals surface area (Å²) in [5, 5.41) is 9.92. The first kappa shape index (κ1) is 14.2. The van der Waals surface area contributed by atoms with Crippen molar-refractivity contribution in [1.29, 1.82) is 5.26 Å². The molecule has 0 N–H and O–H groups in total. The Kier molecular flexibility index (Phi) is 3.82. The highest BCUT2D eigenvalue weighted by Crippen LogP contribution is 2.20. The van der Waals surface area contributed by atoms with E-state index in [4.69, 9.17) is 11.6 Å². The Bertz CT molecular complexity index is 838. The highest BCUT2D eigenvalue weighted by molar-refractivity contribution is 6.30. The van der Waals surface area contributed by atoms with Gasteiger partial charge in [-0.1, -0.05) is 42.0 Å². The zero-order valence-corrected chi connectivity index (χ0v) is 12.2. The van der Waals surface area contributed by atoms with Gasteiger partial charge in [-0.2, -0.15) is 10.3 Å². The lowest BCUT2D eigenvalue weighted by Crippen LogP contribution is -2.27. The number of nitrogens with zero attached hydrogens (tertiary/aromatic N) is 3. The van der Waals surface area contributed by atoms with Crippen molar-refractivity contribution in [3.8, 4) is 6.07 Å². The number of allylic oxidation sites excluding steroid dienone is 3. The van der Waals surface area contributed by atoms with Crippen LogP contribution in [0.15, 0.2) is 64.1 Å². The zero-order valence-electron chi connectivity index (χ0n) is 11.4. The van der Waals surface area contributed by atoms with E-state index in [9.17, 15) is 10.1 Å². The lowest BCUT2D eigenvalue weighted by Gasteiger charge is -2.17. The molecule has 1 aromatic rings. The fraction of sp³-hybridized carbons (Fsp3) is 0.0588. The number of rotatable bonds is 2. The van der Waals surface area contributed by atoms with Gasteiger partial charge in [0.25, 0.3) is 5.91 Å². The molecule has 1 aliphatic carbocycles. The number of halogens is 1. The Hall–Kier alpha value is -2.77. The van der Waals surface area contributed by atoms with Crippen molar-refractivity contribution in [3.63, 3.8) is 0 Å². The molecule has 0 aromatic heterocycles. The summed E-state index contributed by atoms with van der Waals surface area (Å²) in [5.41, 5.74) is 1.58. The maximum absolute atomic E-state index is 12.1. The molecular weight excluding hydrogens is 298 g/mol. The number of hydrogen-bond donors (Lipinski definition) is 0. The van der Waals surface area contributed by atoms with Crippen LogP contribution in [0.25, 0.3) is 6.08 Å². The van der Waals surface area contributed by atoms with Gasteiger partial charge in [-0.15, -0.1) is 0 Å². The van der Waals surface area contributed by atoms with Gasteiger partial charge in [-0.3, -0.25) is 4.79 Å². The Morgan fingerprint density at radius 2 is 2.18 bits per heavy atom. The number of hydrogen-bond acceptors (Lipinski definition) is 3. The number of amidine groups is 1. The van der Waals surface area contributed by atoms with E-state index < -0.39 is 5.92 Å². The molecule has 106 valence electrons. The summed E-state index contributed by atoms with van der Waals surface area (Å²) < 4.78 is 0. The number of benzene rings is 1.